The van der Waals surface area contributed by atoms with Gasteiger partial charge in [0.05, 0.1) is 22.3 Å². The number of carbonyl (C=O) groups is 5. The van der Waals surface area contributed by atoms with E-state index in [0.29, 0.717) is 80.4 Å². The Kier molecular flexibility index (Phi) is 12.0. The summed E-state index contributed by atoms with van der Waals surface area (Å²) >= 11 is 0. The molecule has 4 aromatic rings. The summed E-state index contributed by atoms with van der Waals surface area (Å²) in [7, 11) is 0. The van der Waals surface area contributed by atoms with Crippen LogP contribution in [-0.4, -0.2) is 71.5 Å². The number of nitrogens with one attached hydrogen (secondary N) is 7. The first kappa shape index (κ1) is 39.7. The molecule has 2 aliphatic heterocycles. The summed E-state index contributed by atoms with van der Waals surface area (Å²) in [5.74, 6) is -2.06. The SMILES string of the molecule is Cc1c(C(=O)NCCN)c[nH]c1/C=C1\C(=O)Nc2ccc(F)cc21.Cc1c(C(=O)NCCNC(=O)OC(C)(C)C)c[nH]c1/C=C1\C(=O)Nc2ccc(F)cc21. The molecule has 0 radical (unpaired) electrons. The minimum atomic E-state index is -0.594. The molecular weight excluding hydrogens is 714 g/mol. The summed E-state index contributed by atoms with van der Waals surface area (Å²) in [4.78, 5) is 66.5. The molecule has 0 saturated carbocycles. The number of carbonyl (C=O) groups excluding carboxylic acids is 5. The zero-order valence-electron chi connectivity index (χ0n) is 30.9. The molecule has 0 unspecified atom stereocenters. The number of hydrogen-bond donors (Lipinski definition) is 8. The monoisotopic (exact) mass is 756 g/mol. The van der Waals surface area contributed by atoms with Crippen LogP contribution in [0.3, 0.4) is 0 Å². The number of ether oxygens (including phenoxy) is 1. The molecule has 2 aliphatic rings. The van der Waals surface area contributed by atoms with Crippen LogP contribution in [0.2, 0.25) is 0 Å². The predicted octanol–water partition coefficient (Wildman–Crippen LogP) is 4.85. The Balaban J connectivity index is 0.000000218. The second-order valence-electron chi connectivity index (χ2n) is 13.6. The third kappa shape index (κ3) is 9.52. The fourth-order valence-corrected chi connectivity index (χ4v) is 5.72. The highest BCUT2D eigenvalue weighted by molar-refractivity contribution is 6.35. The average molecular weight is 757 g/mol. The van der Waals surface area contributed by atoms with Crippen molar-refractivity contribution in [2.45, 2.75) is 40.2 Å². The van der Waals surface area contributed by atoms with Gasteiger partial charge in [-0.15, -0.1) is 0 Å². The van der Waals surface area contributed by atoms with E-state index in [1.807, 2.05) is 0 Å². The van der Waals surface area contributed by atoms with Gasteiger partial charge in [-0.3, -0.25) is 19.2 Å². The summed E-state index contributed by atoms with van der Waals surface area (Å²) in [6, 6.07) is 8.21. The van der Waals surface area contributed by atoms with E-state index >= 15 is 0 Å². The molecule has 55 heavy (non-hydrogen) atoms. The summed E-state index contributed by atoms with van der Waals surface area (Å²) < 4.78 is 32.2. The number of alkyl carbamates (subject to hydrolysis) is 1. The Morgan fingerprint density at radius 2 is 1.16 bits per heavy atom. The Bertz CT molecular complexity index is 2230. The zero-order chi connectivity index (χ0) is 40.0. The second-order valence-corrected chi connectivity index (χ2v) is 13.6. The standard InChI is InChI=1S/C22H25FN4O4.C17H17FN4O2/c1-12-16(19(28)24-7-8-25-21(30)31-22(2,3)4)11-26-18(12)10-15-14-9-13(23)5-6-17(14)27-20(15)29;1-9-13(16(23)20-5-4-19)8-21-15(9)7-12-11-6-10(18)2-3-14(11)22-17(12)24/h5-6,9-11,26H,7-8H2,1-4H3,(H,24,28)(H,25,30)(H,27,29);2-3,6-8,21H,4-5,19H2,1H3,(H,20,23)(H,22,24)/b15-10-;12-7-. The lowest BCUT2D eigenvalue weighted by atomic mass is 10.0. The van der Waals surface area contributed by atoms with Crippen molar-refractivity contribution < 1.29 is 37.5 Å². The Morgan fingerprint density at radius 3 is 1.60 bits per heavy atom. The molecule has 2 aromatic carbocycles. The van der Waals surface area contributed by atoms with Gasteiger partial charge in [0.25, 0.3) is 23.6 Å². The smallest absolute Gasteiger partial charge is 0.407 e. The van der Waals surface area contributed by atoms with Crippen LogP contribution in [0.1, 0.15) is 75.1 Å². The number of H-pyrrole nitrogens is 2. The molecule has 0 saturated heterocycles. The van der Waals surface area contributed by atoms with Gasteiger partial charge in [0, 0.05) is 72.5 Å². The van der Waals surface area contributed by atoms with Gasteiger partial charge >= 0.3 is 6.09 Å². The molecular formula is C39H42F2N8O6. The minimum Gasteiger partial charge on any atom is -0.444 e. The number of halogens is 2. The number of nitrogens with two attached hydrogens (primary N) is 1. The average Bonchev–Trinajstić information content (AvgIpc) is 3.85. The summed E-state index contributed by atoms with van der Waals surface area (Å²) in [5.41, 5.74) is 10.9. The van der Waals surface area contributed by atoms with E-state index in [1.165, 1.54) is 42.6 Å². The van der Waals surface area contributed by atoms with Gasteiger partial charge in [-0.2, -0.15) is 0 Å². The lowest BCUT2D eigenvalue weighted by Gasteiger charge is -2.19. The Morgan fingerprint density at radius 1 is 0.727 bits per heavy atom. The van der Waals surface area contributed by atoms with Crippen molar-refractivity contribution in [3.63, 3.8) is 0 Å². The third-order valence-electron chi connectivity index (χ3n) is 8.46. The molecule has 0 fully saturated rings. The fourth-order valence-electron chi connectivity index (χ4n) is 5.72. The van der Waals surface area contributed by atoms with Crippen molar-refractivity contribution in [2.75, 3.05) is 36.8 Å². The van der Waals surface area contributed by atoms with E-state index in [2.05, 4.69) is 36.6 Å². The van der Waals surface area contributed by atoms with Gasteiger partial charge in [0.15, 0.2) is 0 Å². The van der Waals surface area contributed by atoms with Crippen molar-refractivity contribution in [3.8, 4) is 0 Å². The lowest BCUT2D eigenvalue weighted by molar-refractivity contribution is -0.111. The van der Waals surface area contributed by atoms with Crippen molar-refractivity contribution in [2.24, 2.45) is 5.73 Å². The largest absolute Gasteiger partial charge is 0.444 e. The molecule has 0 atom stereocenters. The normalized spacial score (nSPS) is 14.4. The van der Waals surface area contributed by atoms with Crippen LogP contribution in [0.15, 0.2) is 48.8 Å². The molecule has 4 heterocycles. The van der Waals surface area contributed by atoms with Crippen LogP contribution in [-0.2, 0) is 14.3 Å². The van der Waals surface area contributed by atoms with Gasteiger partial charge in [0.2, 0.25) is 0 Å². The molecule has 14 nitrogen and oxygen atoms in total. The van der Waals surface area contributed by atoms with E-state index in [9.17, 15) is 32.8 Å². The molecule has 288 valence electrons. The minimum absolute atomic E-state index is 0.212. The molecule has 0 aliphatic carbocycles. The number of aromatic nitrogens is 2. The molecule has 6 rings (SSSR count). The van der Waals surface area contributed by atoms with Crippen LogP contribution in [0.5, 0.6) is 0 Å². The first-order chi connectivity index (χ1) is 26.1. The summed E-state index contributed by atoms with van der Waals surface area (Å²) in [6.07, 6.45) is 5.77. The van der Waals surface area contributed by atoms with Crippen molar-refractivity contribution in [1.82, 2.24) is 25.9 Å². The van der Waals surface area contributed by atoms with Crippen LogP contribution in [0.25, 0.3) is 23.3 Å². The molecule has 0 spiro atoms. The molecule has 0 bridgehead atoms. The maximum absolute atomic E-state index is 13.6. The summed E-state index contributed by atoms with van der Waals surface area (Å²) in [5, 5.41) is 13.4. The van der Waals surface area contributed by atoms with Gasteiger partial charge < -0.3 is 47.0 Å². The first-order valence-corrected chi connectivity index (χ1v) is 17.3. The van der Waals surface area contributed by atoms with E-state index in [-0.39, 0.29) is 36.7 Å². The number of hydrogen-bond acceptors (Lipinski definition) is 7. The summed E-state index contributed by atoms with van der Waals surface area (Å²) in [6.45, 7) is 9.98. The number of rotatable bonds is 9. The van der Waals surface area contributed by atoms with Crippen molar-refractivity contribution >= 4 is 64.4 Å². The number of amides is 5. The molecule has 16 heteroatoms. The van der Waals surface area contributed by atoms with Gasteiger partial charge in [0.1, 0.15) is 17.2 Å². The maximum atomic E-state index is 13.6. The van der Waals surface area contributed by atoms with E-state index in [1.54, 1.807) is 53.0 Å². The van der Waals surface area contributed by atoms with Crippen molar-refractivity contribution in [1.29, 1.82) is 0 Å². The van der Waals surface area contributed by atoms with E-state index in [4.69, 9.17) is 10.5 Å². The zero-order valence-corrected chi connectivity index (χ0v) is 30.9. The predicted molar refractivity (Wildman–Crippen MR) is 205 cm³/mol. The van der Waals surface area contributed by atoms with E-state index in [0.717, 1.165) is 0 Å². The molecule has 9 N–H and O–H groups in total. The highest BCUT2D eigenvalue weighted by Gasteiger charge is 2.27. The number of aromatic amines is 2. The van der Waals surface area contributed by atoms with Crippen LogP contribution < -0.4 is 32.3 Å². The highest BCUT2D eigenvalue weighted by atomic mass is 19.1. The van der Waals surface area contributed by atoms with Gasteiger partial charge in [-0.1, -0.05) is 0 Å². The highest BCUT2D eigenvalue weighted by Crippen LogP contribution is 2.35. The number of anilines is 2. The second kappa shape index (κ2) is 16.6. The number of fused-ring (bicyclic) bond motifs is 2. The topological polar surface area (TPSA) is 212 Å². The quantitative estimate of drug-likeness (QED) is 0.0878. The van der Waals surface area contributed by atoms with Gasteiger partial charge in [-0.05, 0) is 94.3 Å². The first-order valence-electron chi connectivity index (χ1n) is 17.3. The van der Waals surface area contributed by atoms with Gasteiger partial charge in [-0.25, -0.2) is 13.6 Å². The van der Waals surface area contributed by atoms with Crippen molar-refractivity contribution in [3.05, 3.63) is 105 Å². The molecule has 2 aromatic heterocycles. The lowest BCUT2D eigenvalue weighted by Crippen LogP contribution is -2.37. The Hall–Kier alpha value is -6.55. The van der Waals surface area contributed by atoms with Crippen LogP contribution in [0.4, 0.5) is 25.0 Å². The maximum Gasteiger partial charge on any atom is 0.407 e. The third-order valence-corrected chi connectivity index (χ3v) is 8.46. The number of benzene rings is 2. The van der Waals surface area contributed by atoms with Crippen LogP contribution in [0, 0.1) is 25.5 Å². The Labute approximate surface area is 315 Å². The van der Waals surface area contributed by atoms with Crippen LogP contribution >= 0.6 is 0 Å². The molecule has 5 amide bonds. The fraction of sp³-hybridized carbons (Fsp3) is 0.256. The van der Waals surface area contributed by atoms with E-state index < -0.39 is 23.3 Å².